The van der Waals surface area contributed by atoms with Gasteiger partial charge in [0.2, 0.25) is 0 Å². The van der Waals surface area contributed by atoms with Gasteiger partial charge in [-0.15, -0.1) is 0 Å². The van der Waals surface area contributed by atoms with Crippen molar-refractivity contribution in [1.82, 2.24) is 0 Å². The first-order chi connectivity index (χ1) is 9.10. The van der Waals surface area contributed by atoms with Crippen LogP contribution in [0.5, 0.6) is 5.75 Å². The van der Waals surface area contributed by atoms with Gasteiger partial charge in [0, 0.05) is 17.9 Å². The van der Waals surface area contributed by atoms with Crippen LogP contribution in [0.2, 0.25) is 0 Å². The molecule has 2 unspecified atom stereocenters. The van der Waals surface area contributed by atoms with Crippen molar-refractivity contribution in [1.29, 1.82) is 0 Å². The molecular weight excluding hydrogens is 234 g/mol. The molecule has 0 aromatic heterocycles. The van der Waals surface area contributed by atoms with Gasteiger partial charge in [0.15, 0.2) is 0 Å². The second-order valence-electron chi connectivity index (χ2n) is 6.57. The summed E-state index contributed by atoms with van der Waals surface area (Å²) in [6.45, 7) is 4.26. The molecule has 0 bridgehead atoms. The lowest BCUT2D eigenvalue weighted by molar-refractivity contribution is -0.0898. The maximum absolute atomic E-state index is 6.31. The molecule has 0 aliphatic heterocycles. The lowest BCUT2D eigenvalue weighted by Crippen LogP contribution is -2.64. The highest BCUT2D eigenvalue weighted by atomic mass is 16.5. The SMILES string of the molecule is Cc1cc(C)cc(OC2CC(N)C23CCCCC3)c1. The van der Waals surface area contributed by atoms with E-state index in [0.29, 0.717) is 12.1 Å². The van der Waals surface area contributed by atoms with Crippen LogP contribution in [-0.4, -0.2) is 12.1 Å². The molecular formula is C17H25NO. The Hall–Kier alpha value is -1.02. The zero-order valence-electron chi connectivity index (χ0n) is 12.1. The quantitative estimate of drug-likeness (QED) is 0.878. The average molecular weight is 259 g/mol. The topological polar surface area (TPSA) is 35.2 Å². The van der Waals surface area contributed by atoms with Gasteiger partial charge in [0.1, 0.15) is 11.9 Å². The van der Waals surface area contributed by atoms with Crippen LogP contribution >= 0.6 is 0 Å². The number of benzene rings is 1. The lowest BCUT2D eigenvalue weighted by Gasteiger charge is -2.56. The van der Waals surface area contributed by atoms with Gasteiger partial charge in [0.05, 0.1) is 0 Å². The Balaban J connectivity index is 1.76. The van der Waals surface area contributed by atoms with Crippen molar-refractivity contribution in [2.45, 2.75) is 64.5 Å². The number of aryl methyl sites for hydroxylation is 2. The molecule has 1 aromatic rings. The van der Waals surface area contributed by atoms with E-state index >= 15 is 0 Å². The first-order valence-corrected chi connectivity index (χ1v) is 7.61. The number of hydrogen-bond acceptors (Lipinski definition) is 2. The molecule has 2 saturated carbocycles. The van der Waals surface area contributed by atoms with Gasteiger partial charge in [-0.3, -0.25) is 0 Å². The summed E-state index contributed by atoms with van der Waals surface area (Å²) in [7, 11) is 0. The van der Waals surface area contributed by atoms with E-state index in [1.54, 1.807) is 0 Å². The Morgan fingerprint density at radius 1 is 1.05 bits per heavy atom. The first-order valence-electron chi connectivity index (χ1n) is 7.61. The van der Waals surface area contributed by atoms with E-state index in [-0.39, 0.29) is 5.41 Å². The molecule has 2 heteroatoms. The molecule has 0 saturated heterocycles. The van der Waals surface area contributed by atoms with Crippen molar-refractivity contribution in [3.8, 4) is 5.75 Å². The van der Waals surface area contributed by atoms with Crippen molar-refractivity contribution in [2.24, 2.45) is 11.1 Å². The molecule has 0 heterocycles. The summed E-state index contributed by atoms with van der Waals surface area (Å²) in [5.41, 5.74) is 9.13. The van der Waals surface area contributed by atoms with Crippen LogP contribution in [0.15, 0.2) is 18.2 Å². The summed E-state index contributed by atoms with van der Waals surface area (Å²) in [6.07, 6.45) is 7.87. The highest BCUT2D eigenvalue weighted by Gasteiger charge is 2.54. The van der Waals surface area contributed by atoms with Gasteiger partial charge >= 0.3 is 0 Å². The van der Waals surface area contributed by atoms with E-state index in [1.165, 1.54) is 43.2 Å². The zero-order chi connectivity index (χ0) is 13.5. The molecule has 0 amide bonds. The summed E-state index contributed by atoms with van der Waals surface area (Å²) >= 11 is 0. The predicted molar refractivity (Wildman–Crippen MR) is 78.4 cm³/mol. The summed E-state index contributed by atoms with van der Waals surface area (Å²) in [4.78, 5) is 0. The lowest BCUT2D eigenvalue weighted by atomic mass is 9.55. The molecule has 19 heavy (non-hydrogen) atoms. The molecule has 2 nitrogen and oxygen atoms in total. The zero-order valence-corrected chi connectivity index (χ0v) is 12.1. The van der Waals surface area contributed by atoms with Gasteiger partial charge in [-0.05, 0) is 49.9 Å². The molecule has 2 aliphatic carbocycles. The van der Waals surface area contributed by atoms with Crippen molar-refractivity contribution in [2.75, 3.05) is 0 Å². The molecule has 1 aromatic carbocycles. The van der Waals surface area contributed by atoms with Crippen LogP contribution in [0, 0.1) is 19.3 Å². The minimum absolute atomic E-state index is 0.274. The van der Waals surface area contributed by atoms with Crippen LogP contribution in [0.4, 0.5) is 0 Å². The Morgan fingerprint density at radius 2 is 1.68 bits per heavy atom. The van der Waals surface area contributed by atoms with E-state index in [9.17, 15) is 0 Å². The van der Waals surface area contributed by atoms with Gasteiger partial charge in [-0.2, -0.15) is 0 Å². The van der Waals surface area contributed by atoms with Crippen molar-refractivity contribution >= 4 is 0 Å². The summed E-state index contributed by atoms with van der Waals surface area (Å²) in [5.74, 6) is 1.03. The third-order valence-electron chi connectivity index (χ3n) is 5.11. The highest BCUT2D eigenvalue weighted by Crippen LogP contribution is 2.52. The minimum Gasteiger partial charge on any atom is -0.490 e. The third-order valence-corrected chi connectivity index (χ3v) is 5.11. The van der Waals surface area contributed by atoms with E-state index in [0.717, 1.165) is 12.2 Å². The van der Waals surface area contributed by atoms with Crippen LogP contribution in [0.3, 0.4) is 0 Å². The number of rotatable bonds is 2. The van der Waals surface area contributed by atoms with E-state index in [4.69, 9.17) is 10.5 Å². The van der Waals surface area contributed by atoms with Crippen molar-refractivity contribution < 1.29 is 4.74 Å². The Labute approximate surface area is 116 Å². The van der Waals surface area contributed by atoms with Crippen molar-refractivity contribution in [3.63, 3.8) is 0 Å². The largest absolute Gasteiger partial charge is 0.490 e. The van der Waals surface area contributed by atoms with E-state index in [1.807, 2.05) is 0 Å². The Kier molecular flexibility index (Phi) is 3.30. The summed E-state index contributed by atoms with van der Waals surface area (Å²) < 4.78 is 6.30. The molecule has 1 spiro atoms. The normalized spacial score (nSPS) is 29.0. The fraction of sp³-hybridized carbons (Fsp3) is 0.647. The maximum atomic E-state index is 6.31. The van der Waals surface area contributed by atoms with Gasteiger partial charge in [0.25, 0.3) is 0 Å². The van der Waals surface area contributed by atoms with Crippen LogP contribution in [-0.2, 0) is 0 Å². The van der Waals surface area contributed by atoms with Crippen LogP contribution < -0.4 is 10.5 Å². The molecule has 104 valence electrons. The molecule has 3 rings (SSSR count). The summed E-state index contributed by atoms with van der Waals surface area (Å²) in [5, 5.41) is 0. The maximum Gasteiger partial charge on any atom is 0.120 e. The summed E-state index contributed by atoms with van der Waals surface area (Å²) in [6, 6.07) is 6.83. The number of ether oxygens (including phenoxy) is 1. The second-order valence-corrected chi connectivity index (χ2v) is 6.57. The minimum atomic E-state index is 0.274. The van der Waals surface area contributed by atoms with Gasteiger partial charge < -0.3 is 10.5 Å². The smallest absolute Gasteiger partial charge is 0.120 e. The molecule has 2 atom stereocenters. The average Bonchev–Trinajstić information content (AvgIpc) is 2.38. The van der Waals surface area contributed by atoms with Crippen LogP contribution in [0.1, 0.15) is 49.7 Å². The standard InChI is InChI=1S/C17H25NO/c1-12-8-13(2)10-14(9-12)19-16-11-15(18)17(16)6-4-3-5-7-17/h8-10,15-16H,3-7,11,18H2,1-2H3. The fourth-order valence-corrected chi connectivity index (χ4v) is 4.01. The van der Waals surface area contributed by atoms with Crippen molar-refractivity contribution in [3.05, 3.63) is 29.3 Å². The molecule has 2 aliphatic rings. The fourth-order valence-electron chi connectivity index (χ4n) is 4.01. The Bertz CT molecular complexity index is 442. The monoisotopic (exact) mass is 259 g/mol. The molecule has 2 N–H and O–H groups in total. The predicted octanol–water partition coefficient (Wildman–Crippen LogP) is 3.73. The number of nitrogens with two attached hydrogens (primary N) is 1. The Morgan fingerprint density at radius 3 is 2.26 bits per heavy atom. The molecule has 2 fully saturated rings. The number of hydrogen-bond donors (Lipinski definition) is 1. The van der Waals surface area contributed by atoms with E-state index < -0.39 is 0 Å². The van der Waals surface area contributed by atoms with Gasteiger partial charge in [-0.1, -0.05) is 25.3 Å². The van der Waals surface area contributed by atoms with E-state index in [2.05, 4.69) is 32.0 Å². The first kappa shape index (κ1) is 13.0. The van der Waals surface area contributed by atoms with Gasteiger partial charge in [-0.25, -0.2) is 0 Å². The third kappa shape index (κ3) is 2.27. The van der Waals surface area contributed by atoms with Crippen LogP contribution in [0.25, 0.3) is 0 Å². The molecule has 0 radical (unpaired) electrons. The highest BCUT2D eigenvalue weighted by molar-refractivity contribution is 5.33. The second kappa shape index (κ2) is 4.82.